The standard InChI is InChI=1S/C9H12Cl2/c10-9(11)5-8-6-3-1-2-4-7(6)8/h5-8H,1-4H2/t6-,7+,8?. The Labute approximate surface area is 77.6 Å². The fourth-order valence-electron chi connectivity index (χ4n) is 2.44. The molecule has 2 saturated carbocycles. The first-order valence-electron chi connectivity index (χ1n) is 4.32. The van der Waals surface area contributed by atoms with Gasteiger partial charge in [0.15, 0.2) is 0 Å². The van der Waals surface area contributed by atoms with Gasteiger partial charge in [0.1, 0.15) is 4.49 Å². The van der Waals surface area contributed by atoms with E-state index in [2.05, 4.69) is 0 Å². The number of hydrogen-bond donors (Lipinski definition) is 0. The lowest BCUT2D eigenvalue weighted by molar-refractivity contribution is 0.480. The molecule has 0 bridgehead atoms. The Bertz CT molecular complexity index is 170. The molecule has 0 nitrogen and oxygen atoms in total. The molecule has 2 rings (SSSR count). The summed E-state index contributed by atoms with van der Waals surface area (Å²) in [4.78, 5) is 0. The third-order valence-electron chi connectivity index (χ3n) is 3.04. The molecular weight excluding hydrogens is 179 g/mol. The second kappa shape index (κ2) is 2.99. The van der Waals surface area contributed by atoms with Crippen molar-refractivity contribution in [2.45, 2.75) is 25.7 Å². The van der Waals surface area contributed by atoms with Crippen molar-refractivity contribution in [3.05, 3.63) is 10.6 Å². The van der Waals surface area contributed by atoms with E-state index in [9.17, 15) is 0 Å². The normalized spacial score (nSPS) is 41.1. The van der Waals surface area contributed by atoms with E-state index in [0.29, 0.717) is 4.49 Å². The molecule has 0 radical (unpaired) electrons. The van der Waals surface area contributed by atoms with Crippen LogP contribution in [-0.2, 0) is 0 Å². The predicted octanol–water partition coefficient (Wildman–Crippen LogP) is 3.74. The van der Waals surface area contributed by atoms with Crippen molar-refractivity contribution in [2.75, 3.05) is 0 Å². The molecule has 0 N–H and O–H groups in total. The lowest BCUT2D eigenvalue weighted by atomic mass is 10.0. The lowest BCUT2D eigenvalue weighted by Crippen LogP contribution is -1.91. The van der Waals surface area contributed by atoms with Gasteiger partial charge < -0.3 is 0 Å². The number of hydrogen-bond acceptors (Lipinski definition) is 0. The van der Waals surface area contributed by atoms with Crippen LogP contribution in [0.1, 0.15) is 25.7 Å². The number of halogens is 2. The number of rotatable bonds is 1. The maximum absolute atomic E-state index is 5.60. The second-order valence-electron chi connectivity index (χ2n) is 3.65. The molecule has 0 saturated heterocycles. The Morgan fingerprint density at radius 2 is 1.64 bits per heavy atom. The lowest BCUT2D eigenvalue weighted by Gasteiger charge is -2.04. The van der Waals surface area contributed by atoms with Gasteiger partial charge in [-0.05, 0) is 30.6 Å². The predicted molar refractivity (Wildman–Crippen MR) is 48.7 cm³/mol. The molecule has 0 aromatic carbocycles. The quantitative estimate of drug-likeness (QED) is 0.592. The van der Waals surface area contributed by atoms with E-state index in [4.69, 9.17) is 23.2 Å². The van der Waals surface area contributed by atoms with Gasteiger partial charge in [-0.1, -0.05) is 42.1 Å². The maximum Gasteiger partial charge on any atom is 0.103 e. The van der Waals surface area contributed by atoms with Gasteiger partial charge >= 0.3 is 0 Å². The van der Waals surface area contributed by atoms with Crippen LogP contribution in [0.5, 0.6) is 0 Å². The van der Waals surface area contributed by atoms with E-state index in [-0.39, 0.29) is 0 Å². The Morgan fingerprint density at radius 3 is 2.09 bits per heavy atom. The SMILES string of the molecule is ClC(Cl)=CC1[C@H]2CCCC[C@@H]12. The van der Waals surface area contributed by atoms with Crippen molar-refractivity contribution in [3.63, 3.8) is 0 Å². The Balaban J connectivity index is 1.95. The summed E-state index contributed by atoms with van der Waals surface area (Å²) in [6, 6.07) is 0. The largest absolute Gasteiger partial charge is 0.103 e. The highest BCUT2D eigenvalue weighted by Crippen LogP contribution is 2.56. The second-order valence-corrected chi connectivity index (χ2v) is 4.65. The van der Waals surface area contributed by atoms with Crippen molar-refractivity contribution in [2.24, 2.45) is 17.8 Å². The first-order valence-corrected chi connectivity index (χ1v) is 5.07. The average Bonchev–Trinajstić information content (AvgIpc) is 2.64. The van der Waals surface area contributed by atoms with Crippen LogP contribution >= 0.6 is 23.2 Å². The number of allylic oxidation sites excluding steroid dienone is 1. The molecule has 0 amide bonds. The highest BCUT2D eigenvalue weighted by atomic mass is 35.5. The highest BCUT2D eigenvalue weighted by molar-refractivity contribution is 6.55. The summed E-state index contributed by atoms with van der Waals surface area (Å²) in [5.41, 5.74) is 0. The van der Waals surface area contributed by atoms with E-state index in [1.54, 1.807) is 0 Å². The molecule has 2 fully saturated rings. The van der Waals surface area contributed by atoms with E-state index in [1.807, 2.05) is 6.08 Å². The minimum Gasteiger partial charge on any atom is -0.0712 e. The van der Waals surface area contributed by atoms with Crippen molar-refractivity contribution in [1.82, 2.24) is 0 Å². The fraction of sp³-hybridized carbons (Fsp3) is 0.778. The smallest absolute Gasteiger partial charge is 0.0712 e. The molecular formula is C9H12Cl2. The van der Waals surface area contributed by atoms with Gasteiger partial charge in [-0.15, -0.1) is 0 Å². The minimum atomic E-state index is 0.462. The molecule has 11 heavy (non-hydrogen) atoms. The molecule has 0 heterocycles. The molecule has 0 aromatic heterocycles. The molecule has 0 aromatic rings. The Morgan fingerprint density at radius 1 is 1.09 bits per heavy atom. The summed E-state index contributed by atoms with van der Waals surface area (Å²) >= 11 is 11.2. The zero-order valence-electron chi connectivity index (χ0n) is 6.39. The summed E-state index contributed by atoms with van der Waals surface area (Å²) in [5.74, 6) is 2.58. The third-order valence-corrected chi connectivity index (χ3v) is 3.29. The summed E-state index contributed by atoms with van der Waals surface area (Å²) in [7, 11) is 0. The minimum absolute atomic E-state index is 0.462. The van der Waals surface area contributed by atoms with Crippen molar-refractivity contribution >= 4 is 23.2 Å². The maximum atomic E-state index is 5.60. The van der Waals surface area contributed by atoms with Gasteiger partial charge in [0.05, 0.1) is 0 Å². The van der Waals surface area contributed by atoms with Crippen LogP contribution in [0.2, 0.25) is 0 Å². The van der Waals surface area contributed by atoms with Crippen molar-refractivity contribution in [1.29, 1.82) is 0 Å². The summed E-state index contributed by atoms with van der Waals surface area (Å²) in [6.45, 7) is 0. The van der Waals surface area contributed by atoms with E-state index in [1.165, 1.54) is 25.7 Å². The van der Waals surface area contributed by atoms with Gasteiger partial charge in [-0.3, -0.25) is 0 Å². The Kier molecular flexibility index (Phi) is 2.16. The summed E-state index contributed by atoms with van der Waals surface area (Å²) in [6.07, 6.45) is 7.64. The van der Waals surface area contributed by atoms with Crippen LogP contribution in [0.15, 0.2) is 10.6 Å². The highest BCUT2D eigenvalue weighted by Gasteiger charge is 2.48. The molecule has 0 aliphatic heterocycles. The zero-order valence-corrected chi connectivity index (χ0v) is 7.91. The fourth-order valence-corrected chi connectivity index (χ4v) is 2.73. The molecule has 62 valence electrons. The van der Waals surface area contributed by atoms with Crippen LogP contribution in [-0.4, -0.2) is 0 Å². The van der Waals surface area contributed by atoms with Crippen LogP contribution in [0.4, 0.5) is 0 Å². The number of fused-ring (bicyclic) bond motifs is 1. The first kappa shape index (κ1) is 7.94. The molecule has 2 heteroatoms. The molecule has 0 spiro atoms. The van der Waals surface area contributed by atoms with Gasteiger partial charge in [-0.25, -0.2) is 0 Å². The van der Waals surface area contributed by atoms with E-state index in [0.717, 1.165) is 17.8 Å². The van der Waals surface area contributed by atoms with Gasteiger partial charge in [0.25, 0.3) is 0 Å². The van der Waals surface area contributed by atoms with E-state index < -0.39 is 0 Å². The van der Waals surface area contributed by atoms with Crippen LogP contribution in [0.25, 0.3) is 0 Å². The molecule has 3 atom stereocenters. The first-order chi connectivity index (χ1) is 5.29. The average molecular weight is 191 g/mol. The van der Waals surface area contributed by atoms with Crippen LogP contribution in [0.3, 0.4) is 0 Å². The van der Waals surface area contributed by atoms with Gasteiger partial charge in [0, 0.05) is 0 Å². The van der Waals surface area contributed by atoms with Gasteiger partial charge in [0.2, 0.25) is 0 Å². The van der Waals surface area contributed by atoms with Crippen LogP contribution < -0.4 is 0 Å². The summed E-state index contributed by atoms with van der Waals surface area (Å²) in [5, 5.41) is 0. The van der Waals surface area contributed by atoms with E-state index >= 15 is 0 Å². The van der Waals surface area contributed by atoms with Crippen molar-refractivity contribution < 1.29 is 0 Å². The Hall–Kier alpha value is 0.320. The molecule has 2 aliphatic carbocycles. The topological polar surface area (TPSA) is 0 Å². The van der Waals surface area contributed by atoms with Crippen molar-refractivity contribution in [3.8, 4) is 0 Å². The molecule has 2 aliphatic rings. The third kappa shape index (κ3) is 1.57. The summed E-state index contributed by atoms with van der Waals surface area (Å²) < 4.78 is 0.462. The molecule has 1 unspecified atom stereocenters. The monoisotopic (exact) mass is 190 g/mol. The van der Waals surface area contributed by atoms with Crippen LogP contribution in [0, 0.1) is 17.8 Å². The van der Waals surface area contributed by atoms with Gasteiger partial charge in [-0.2, -0.15) is 0 Å². The zero-order chi connectivity index (χ0) is 7.84.